The first-order valence-electron chi connectivity index (χ1n) is 5.01. The van der Waals surface area contributed by atoms with Crippen molar-refractivity contribution in [3.63, 3.8) is 0 Å². The molecule has 0 bridgehead atoms. The fourth-order valence-electron chi connectivity index (χ4n) is 1.24. The average molecular weight is 218 g/mol. The normalized spacial score (nSPS) is 9.06. The highest BCUT2D eigenvalue weighted by Gasteiger charge is 1.91. The zero-order valence-corrected chi connectivity index (χ0v) is 9.09. The van der Waals surface area contributed by atoms with Gasteiger partial charge in [0.1, 0.15) is 5.75 Å². The number of carbonyl (C=O) groups is 1. The van der Waals surface area contributed by atoms with Crippen molar-refractivity contribution in [1.82, 2.24) is 0 Å². The van der Waals surface area contributed by atoms with Gasteiger partial charge >= 0.3 is 0 Å². The van der Waals surface area contributed by atoms with E-state index in [-0.39, 0.29) is 0 Å². The van der Waals surface area contributed by atoms with Crippen LogP contribution in [0.25, 0.3) is 10.8 Å². The predicted octanol–water partition coefficient (Wildman–Crippen LogP) is 2.72. The quantitative estimate of drug-likeness (QED) is 0.788. The van der Waals surface area contributed by atoms with Crippen molar-refractivity contribution in [3.8, 4) is 5.75 Å². The molecule has 84 valence electrons. The van der Waals surface area contributed by atoms with Crippen molar-refractivity contribution >= 4 is 17.2 Å². The Morgan fingerprint density at radius 2 is 1.88 bits per heavy atom. The second-order valence-electron chi connectivity index (χ2n) is 3.08. The molecule has 0 aliphatic heterocycles. The first kappa shape index (κ1) is 12.0. The number of hydrogen-bond donors (Lipinski definition) is 1. The molecular weight excluding hydrogens is 204 g/mol. The molecule has 0 heterocycles. The van der Waals surface area contributed by atoms with E-state index in [1.807, 2.05) is 30.3 Å². The van der Waals surface area contributed by atoms with Gasteiger partial charge in [-0.2, -0.15) is 0 Å². The lowest BCUT2D eigenvalue weighted by molar-refractivity contribution is -0.128. The maximum atomic E-state index is 9.18. The van der Waals surface area contributed by atoms with Crippen LogP contribution >= 0.6 is 0 Å². The van der Waals surface area contributed by atoms with Crippen LogP contribution in [-0.2, 0) is 9.53 Å². The van der Waals surface area contributed by atoms with Gasteiger partial charge in [-0.15, -0.1) is 0 Å². The highest BCUT2D eigenvalue weighted by atomic mass is 16.5. The molecule has 0 atom stereocenters. The van der Waals surface area contributed by atoms with E-state index in [0.29, 0.717) is 18.8 Å². The number of fused-ring (bicyclic) bond motifs is 1. The van der Waals surface area contributed by atoms with Crippen molar-refractivity contribution in [2.45, 2.75) is 6.92 Å². The van der Waals surface area contributed by atoms with Crippen molar-refractivity contribution in [2.75, 3.05) is 6.61 Å². The summed E-state index contributed by atoms with van der Waals surface area (Å²) in [4.78, 5) is 9.18. The van der Waals surface area contributed by atoms with Crippen LogP contribution in [0.4, 0.5) is 0 Å². The Kier molecular flexibility index (Phi) is 4.86. The summed E-state index contributed by atoms with van der Waals surface area (Å²) in [6, 6.07) is 13.3. The van der Waals surface area contributed by atoms with Gasteiger partial charge < -0.3 is 9.84 Å². The molecule has 2 aromatic rings. The van der Waals surface area contributed by atoms with Crippen molar-refractivity contribution < 1.29 is 14.6 Å². The van der Waals surface area contributed by atoms with E-state index in [9.17, 15) is 4.79 Å². The second-order valence-corrected chi connectivity index (χ2v) is 3.08. The number of ether oxygens (including phenoxy) is 1. The summed E-state index contributed by atoms with van der Waals surface area (Å²) in [5.41, 5.74) is 0. The van der Waals surface area contributed by atoms with E-state index in [1.165, 1.54) is 0 Å². The molecule has 16 heavy (non-hydrogen) atoms. The summed E-state index contributed by atoms with van der Waals surface area (Å²) in [5, 5.41) is 11.4. The first-order valence-corrected chi connectivity index (χ1v) is 5.01. The number of phenolic OH excluding ortho intramolecular Hbond substituents is 1. The van der Waals surface area contributed by atoms with Crippen LogP contribution in [0.1, 0.15) is 6.92 Å². The van der Waals surface area contributed by atoms with E-state index < -0.39 is 0 Å². The molecule has 0 saturated heterocycles. The highest BCUT2D eigenvalue weighted by molar-refractivity contribution is 5.83. The standard InChI is InChI=1S/C10H8O.C3H6O2/c11-10-6-5-8-3-1-2-4-9(8)7-10;1-2-5-3-4/h1-7,11H;3H,2H2,1H3. The molecule has 3 heteroatoms. The lowest BCUT2D eigenvalue weighted by Gasteiger charge is -1.96. The SMILES string of the molecule is CCOC=O.Oc1ccc2ccccc2c1. The molecule has 0 aliphatic carbocycles. The van der Waals surface area contributed by atoms with Crippen LogP contribution in [0.2, 0.25) is 0 Å². The second kappa shape index (κ2) is 6.45. The average Bonchev–Trinajstić information content (AvgIpc) is 2.31. The minimum Gasteiger partial charge on any atom is -0.508 e. The number of carbonyl (C=O) groups excluding carboxylic acids is 1. The van der Waals surface area contributed by atoms with Gasteiger partial charge in [0.25, 0.3) is 6.47 Å². The van der Waals surface area contributed by atoms with Gasteiger partial charge in [0.05, 0.1) is 6.61 Å². The van der Waals surface area contributed by atoms with Crippen molar-refractivity contribution in [1.29, 1.82) is 0 Å². The largest absolute Gasteiger partial charge is 0.508 e. The molecule has 2 rings (SSSR count). The summed E-state index contributed by atoms with van der Waals surface area (Å²) < 4.78 is 4.15. The Hall–Kier alpha value is -2.03. The van der Waals surface area contributed by atoms with Crippen LogP contribution in [0.3, 0.4) is 0 Å². The molecule has 0 aliphatic rings. The molecule has 0 saturated carbocycles. The Morgan fingerprint density at radius 3 is 2.44 bits per heavy atom. The number of benzene rings is 2. The Labute approximate surface area is 94.3 Å². The molecule has 3 nitrogen and oxygen atoms in total. The molecule has 0 spiro atoms. The zero-order valence-electron chi connectivity index (χ0n) is 9.09. The lowest BCUT2D eigenvalue weighted by atomic mass is 10.1. The minimum atomic E-state index is 0.323. The molecular formula is C13H14O3. The van der Waals surface area contributed by atoms with Crippen molar-refractivity contribution in [3.05, 3.63) is 42.5 Å². The van der Waals surface area contributed by atoms with Crippen LogP contribution in [-0.4, -0.2) is 18.2 Å². The zero-order chi connectivity index (χ0) is 11.8. The third-order valence-corrected chi connectivity index (χ3v) is 1.97. The Balaban J connectivity index is 0.000000221. The van der Waals surface area contributed by atoms with Gasteiger partial charge in [-0.1, -0.05) is 30.3 Å². The number of hydrogen-bond acceptors (Lipinski definition) is 3. The van der Waals surface area contributed by atoms with Crippen molar-refractivity contribution in [2.24, 2.45) is 0 Å². The van der Waals surface area contributed by atoms with Crippen LogP contribution in [0.15, 0.2) is 42.5 Å². The lowest BCUT2D eigenvalue weighted by Crippen LogP contribution is -1.80. The van der Waals surface area contributed by atoms with Gasteiger partial charge in [0.2, 0.25) is 0 Å². The Bertz CT molecular complexity index is 452. The van der Waals surface area contributed by atoms with Gasteiger partial charge in [-0.05, 0) is 29.8 Å². The molecule has 0 aromatic heterocycles. The van der Waals surface area contributed by atoms with E-state index in [4.69, 9.17) is 5.11 Å². The monoisotopic (exact) mass is 218 g/mol. The summed E-state index contributed by atoms with van der Waals surface area (Å²) in [5.74, 6) is 0.323. The van der Waals surface area contributed by atoms with Crippen LogP contribution in [0.5, 0.6) is 5.75 Å². The number of aromatic hydroxyl groups is 1. The number of phenols is 1. The maximum absolute atomic E-state index is 9.18. The first-order chi connectivity index (χ1) is 7.77. The summed E-state index contributed by atoms with van der Waals surface area (Å²) in [6.45, 7) is 2.66. The molecule has 0 unspecified atom stereocenters. The topological polar surface area (TPSA) is 46.5 Å². The minimum absolute atomic E-state index is 0.323. The van der Waals surface area contributed by atoms with Gasteiger partial charge in [0, 0.05) is 0 Å². The van der Waals surface area contributed by atoms with Gasteiger partial charge in [-0.3, -0.25) is 4.79 Å². The van der Waals surface area contributed by atoms with E-state index in [2.05, 4.69) is 4.74 Å². The van der Waals surface area contributed by atoms with E-state index in [0.717, 1.165) is 10.8 Å². The molecule has 1 N–H and O–H groups in total. The van der Waals surface area contributed by atoms with Gasteiger partial charge in [0.15, 0.2) is 0 Å². The molecule has 0 radical (unpaired) electrons. The third-order valence-electron chi connectivity index (χ3n) is 1.97. The fraction of sp³-hybridized carbons (Fsp3) is 0.154. The van der Waals surface area contributed by atoms with E-state index >= 15 is 0 Å². The van der Waals surface area contributed by atoms with Gasteiger partial charge in [-0.25, -0.2) is 0 Å². The third kappa shape index (κ3) is 3.61. The summed E-state index contributed by atoms with van der Waals surface area (Å²) in [7, 11) is 0. The summed E-state index contributed by atoms with van der Waals surface area (Å²) >= 11 is 0. The Morgan fingerprint density at radius 1 is 1.19 bits per heavy atom. The fourth-order valence-corrected chi connectivity index (χ4v) is 1.24. The summed E-state index contributed by atoms with van der Waals surface area (Å²) in [6.07, 6.45) is 0. The molecule has 2 aromatic carbocycles. The highest BCUT2D eigenvalue weighted by Crippen LogP contribution is 2.18. The smallest absolute Gasteiger partial charge is 0.293 e. The number of rotatable bonds is 2. The van der Waals surface area contributed by atoms with E-state index in [1.54, 1.807) is 19.1 Å². The molecule has 0 fully saturated rings. The maximum Gasteiger partial charge on any atom is 0.293 e. The van der Waals surface area contributed by atoms with Crippen LogP contribution < -0.4 is 0 Å². The predicted molar refractivity (Wildman–Crippen MR) is 63.3 cm³/mol. The molecule has 0 amide bonds. The van der Waals surface area contributed by atoms with Crippen LogP contribution in [0, 0.1) is 0 Å².